The normalized spacial score (nSPS) is 10.6. The number of esters is 1. The Morgan fingerprint density at radius 1 is 1.30 bits per heavy atom. The fourth-order valence-corrected chi connectivity index (χ4v) is 2.88. The Balaban J connectivity index is 1.92. The van der Waals surface area contributed by atoms with Crippen LogP contribution >= 0.6 is 11.6 Å². The predicted molar refractivity (Wildman–Crippen MR) is 107 cm³/mol. The molecule has 0 radical (unpaired) electrons. The SMILES string of the molecule is CCOC(=O)c1cnn(-c2ccccc2)c1NC(=O)Cn1nc([N+](=O)[O-])c(Cl)c1C. The zero-order chi connectivity index (χ0) is 21.8. The van der Waals surface area contributed by atoms with Crippen molar-refractivity contribution >= 4 is 35.1 Å². The zero-order valence-electron chi connectivity index (χ0n) is 16.0. The third-order valence-electron chi connectivity index (χ3n) is 4.11. The molecular formula is C18H17ClN6O5. The molecule has 0 saturated heterocycles. The average Bonchev–Trinajstić information content (AvgIpc) is 3.25. The van der Waals surface area contributed by atoms with E-state index in [1.165, 1.54) is 17.8 Å². The predicted octanol–water partition coefficient (Wildman–Crippen LogP) is 2.75. The van der Waals surface area contributed by atoms with Crippen molar-refractivity contribution < 1.29 is 19.2 Å². The van der Waals surface area contributed by atoms with Crippen molar-refractivity contribution in [2.75, 3.05) is 11.9 Å². The first kappa shape index (κ1) is 21.0. The van der Waals surface area contributed by atoms with Crippen molar-refractivity contribution in [1.82, 2.24) is 19.6 Å². The van der Waals surface area contributed by atoms with Crippen molar-refractivity contribution in [3.8, 4) is 5.69 Å². The average molecular weight is 433 g/mol. The lowest BCUT2D eigenvalue weighted by Crippen LogP contribution is -2.23. The number of rotatable bonds is 7. The van der Waals surface area contributed by atoms with Crippen LogP contribution in [0, 0.1) is 17.0 Å². The summed E-state index contributed by atoms with van der Waals surface area (Å²) in [5.74, 6) is -1.67. The quantitative estimate of drug-likeness (QED) is 0.344. The second-order valence-corrected chi connectivity index (χ2v) is 6.44. The first-order valence-corrected chi connectivity index (χ1v) is 9.19. The topological polar surface area (TPSA) is 134 Å². The van der Waals surface area contributed by atoms with Crippen LogP contribution in [0.1, 0.15) is 23.0 Å². The third-order valence-corrected chi connectivity index (χ3v) is 4.55. The Kier molecular flexibility index (Phi) is 6.11. The lowest BCUT2D eigenvalue weighted by Gasteiger charge is -2.11. The van der Waals surface area contributed by atoms with Gasteiger partial charge in [-0.05, 0) is 30.9 Å². The van der Waals surface area contributed by atoms with E-state index in [9.17, 15) is 19.7 Å². The van der Waals surface area contributed by atoms with Gasteiger partial charge in [0.15, 0.2) is 10.8 Å². The van der Waals surface area contributed by atoms with Gasteiger partial charge in [0.05, 0.1) is 29.3 Å². The monoisotopic (exact) mass is 432 g/mol. The number of halogens is 1. The van der Waals surface area contributed by atoms with Gasteiger partial charge < -0.3 is 20.2 Å². The molecule has 0 atom stereocenters. The highest BCUT2D eigenvalue weighted by Crippen LogP contribution is 2.26. The minimum Gasteiger partial charge on any atom is -0.462 e. The molecule has 0 saturated carbocycles. The molecule has 2 heterocycles. The van der Waals surface area contributed by atoms with E-state index in [2.05, 4.69) is 15.5 Å². The first-order valence-electron chi connectivity index (χ1n) is 8.81. The number of hydrogen-bond acceptors (Lipinski definition) is 7. The van der Waals surface area contributed by atoms with E-state index in [1.54, 1.807) is 31.2 Å². The summed E-state index contributed by atoms with van der Waals surface area (Å²) in [5.41, 5.74) is 0.938. The Bertz CT molecular complexity index is 1110. The number of nitro groups is 1. The van der Waals surface area contributed by atoms with Crippen molar-refractivity contribution in [2.45, 2.75) is 20.4 Å². The maximum atomic E-state index is 12.7. The van der Waals surface area contributed by atoms with Gasteiger partial charge in [-0.15, -0.1) is 0 Å². The van der Waals surface area contributed by atoms with Crippen LogP contribution in [0.15, 0.2) is 36.5 Å². The van der Waals surface area contributed by atoms with Gasteiger partial charge in [0.25, 0.3) is 0 Å². The molecule has 2 aromatic heterocycles. The Hall–Kier alpha value is -3.73. The van der Waals surface area contributed by atoms with Crippen LogP contribution in [0.3, 0.4) is 0 Å². The summed E-state index contributed by atoms with van der Waals surface area (Å²) in [7, 11) is 0. The minimum absolute atomic E-state index is 0.0650. The molecule has 0 unspecified atom stereocenters. The number of carbonyl (C=O) groups excluding carboxylic acids is 2. The number of nitrogens with one attached hydrogen (secondary N) is 1. The van der Waals surface area contributed by atoms with E-state index in [0.29, 0.717) is 5.69 Å². The summed E-state index contributed by atoms with van der Waals surface area (Å²) in [6.45, 7) is 2.96. The fraction of sp³-hybridized carbons (Fsp3) is 0.222. The maximum absolute atomic E-state index is 12.7. The summed E-state index contributed by atoms with van der Waals surface area (Å²) < 4.78 is 7.53. The van der Waals surface area contributed by atoms with E-state index in [4.69, 9.17) is 16.3 Å². The highest BCUT2D eigenvalue weighted by Gasteiger charge is 2.26. The summed E-state index contributed by atoms with van der Waals surface area (Å²) in [6.07, 6.45) is 1.29. The highest BCUT2D eigenvalue weighted by atomic mass is 35.5. The maximum Gasteiger partial charge on any atom is 0.408 e. The Morgan fingerprint density at radius 3 is 2.60 bits per heavy atom. The van der Waals surface area contributed by atoms with Crippen LogP contribution in [0.2, 0.25) is 5.02 Å². The van der Waals surface area contributed by atoms with E-state index >= 15 is 0 Å². The summed E-state index contributed by atoms with van der Waals surface area (Å²) >= 11 is 5.91. The van der Waals surface area contributed by atoms with Gasteiger partial charge in [-0.3, -0.25) is 4.79 Å². The fourth-order valence-electron chi connectivity index (χ4n) is 2.68. The smallest absolute Gasteiger partial charge is 0.408 e. The summed E-state index contributed by atoms with van der Waals surface area (Å²) in [6, 6.07) is 8.87. The number of benzene rings is 1. The third kappa shape index (κ3) is 4.15. The van der Waals surface area contributed by atoms with Crippen molar-refractivity contribution in [1.29, 1.82) is 0 Å². The van der Waals surface area contributed by atoms with Crippen LogP contribution in [-0.4, -0.2) is 43.0 Å². The number of anilines is 1. The largest absolute Gasteiger partial charge is 0.462 e. The van der Waals surface area contributed by atoms with Gasteiger partial charge in [-0.25, -0.2) is 9.48 Å². The van der Waals surface area contributed by atoms with Crippen LogP contribution in [-0.2, 0) is 16.1 Å². The molecule has 0 spiro atoms. The van der Waals surface area contributed by atoms with E-state index in [-0.39, 0.29) is 35.2 Å². The van der Waals surface area contributed by atoms with Gasteiger partial charge >= 0.3 is 11.8 Å². The van der Waals surface area contributed by atoms with Crippen LogP contribution in [0.25, 0.3) is 5.69 Å². The minimum atomic E-state index is -0.729. The van der Waals surface area contributed by atoms with Gasteiger partial charge in [0, 0.05) is 0 Å². The number of amides is 1. The molecule has 0 aliphatic heterocycles. The number of para-hydroxylation sites is 1. The molecule has 156 valence electrons. The van der Waals surface area contributed by atoms with Crippen LogP contribution in [0.5, 0.6) is 0 Å². The van der Waals surface area contributed by atoms with Crippen LogP contribution in [0.4, 0.5) is 11.6 Å². The molecule has 3 aromatic rings. The standard InChI is InChI=1S/C18H17ClN6O5/c1-3-30-18(27)13-9-20-24(12-7-5-4-6-8-12)16(13)21-14(26)10-23-11(2)15(19)17(22-23)25(28)29/h4-9H,3,10H2,1-2H3,(H,21,26). The highest BCUT2D eigenvalue weighted by molar-refractivity contribution is 6.33. The van der Waals surface area contributed by atoms with Gasteiger partial charge in [0.1, 0.15) is 12.1 Å². The molecule has 3 rings (SSSR count). The Labute approximate surface area is 175 Å². The number of carbonyl (C=O) groups is 2. The van der Waals surface area contributed by atoms with Crippen molar-refractivity contribution in [3.63, 3.8) is 0 Å². The molecule has 1 aromatic carbocycles. The molecule has 0 aliphatic carbocycles. The molecule has 1 amide bonds. The van der Waals surface area contributed by atoms with Crippen molar-refractivity contribution in [3.05, 3.63) is 62.9 Å². The van der Waals surface area contributed by atoms with Gasteiger partial charge in [-0.2, -0.15) is 9.78 Å². The first-order chi connectivity index (χ1) is 14.3. The van der Waals surface area contributed by atoms with Gasteiger partial charge in [0.2, 0.25) is 5.91 Å². The molecule has 11 nitrogen and oxygen atoms in total. The molecule has 0 bridgehead atoms. The van der Waals surface area contributed by atoms with Crippen molar-refractivity contribution in [2.24, 2.45) is 0 Å². The summed E-state index contributed by atoms with van der Waals surface area (Å²) in [4.78, 5) is 35.2. The second-order valence-electron chi connectivity index (χ2n) is 6.06. The molecule has 12 heteroatoms. The molecule has 1 N–H and O–H groups in total. The number of aromatic nitrogens is 4. The molecule has 30 heavy (non-hydrogen) atoms. The molecule has 0 fully saturated rings. The second kappa shape index (κ2) is 8.74. The number of nitrogens with zero attached hydrogens (tertiary/aromatic N) is 5. The van der Waals surface area contributed by atoms with E-state index in [1.807, 2.05) is 6.07 Å². The van der Waals surface area contributed by atoms with Crippen LogP contribution < -0.4 is 5.32 Å². The van der Waals surface area contributed by atoms with E-state index in [0.717, 1.165) is 4.68 Å². The summed E-state index contributed by atoms with van der Waals surface area (Å²) in [5, 5.41) is 21.4. The number of ether oxygens (including phenoxy) is 1. The van der Waals surface area contributed by atoms with Gasteiger partial charge in [-0.1, -0.05) is 29.8 Å². The van der Waals surface area contributed by atoms with E-state index < -0.39 is 22.6 Å². The zero-order valence-corrected chi connectivity index (χ0v) is 16.8. The number of hydrogen-bond donors (Lipinski definition) is 1. The Morgan fingerprint density at radius 2 is 2.00 bits per heavy atom. The molecule has 0 aliphatic rings. The molecular weight excluding hydrogens is 416 g/mol. The lowest BCUT2D eigenvalue weighted by molar-refractivity contribution is -0.389. The lowest BCUT2D eigenvalue weighted by atomic mass is 10.3.